The summed E-state index contributed by atoms with van der Waals surface area (Å²) in [5.41, 5.74) is 1.03. The van der Waals surface area contributed by atoms with Crippen molar-refractivity contribution in [3.8, 4) is 0 Å². The first-order valence-electron chi connectivity index (χ1n) is 5.83. The lowest BCUT2D eigenvalue weighted by Gasteiger charge is -2.05. The lowest BCUT2D eigenvalue weighted by atomic mass is 10.2. The molecule has 1 N–H and O–H groups in total. The molecule has 0 aliphatic heterocycles. The van der Waals surface area contributed by atoms with Gasteiger partial charge < -0.3 is 5.32 Å². The molecule has 20 heavy (non-hydrogen) atoms. The molecule has 0 bridgehead atoms. The van der Waals surface area contributed by atoms with Gasteiger partial charge in [-0.3, -0.25) is 14.9 Å². The molecular formula is C14H11FN2O3. The second-order valence-electron chi connectivity index (χ2n) is 4.11. The van der Waals surface area contributed by atoms with Crippen molar-refractivity contribution in [2.75, 3.05) is 0 Å². The number of carbonyl (C=O) groups excluding carboxylic acids is 1. The van der Waals surface area contributed by atoms with Crippen molar-refractivity contribution in [2.45, 2.75) is 6.54 Å². The van der Waals surface area contributed by atoms with Crippen molar-refractivity contribution in [3.05, 3.63) is 75.6 Å². The van der Waals surface area contributed by atoms with Crippen LogP contribution in [0.4, 0.5) is 10.1 Å². The highest BCUT2D eigenvalue weighted by Gasteiger charge is 2.09. The van der Waals surface area contributed by atoms with Crippen LogP contribution in [-0.2, 0) is 6.54 Å². The van der Waals surface area contributed by atoms with Crippen molar-refractivity contribution in [1.29, 1.82) is 0 Å². The van der Waals surface area contributed by atoms with Gasteiger partial charge in [0.1, 0.15) is 5.82 Å². The van der Waals surface area contributed by atoms with Crippen LogP contribution >= 0.6 is 0 Å². The number of nitro benzene ring substituents is 1. The number of nitrogens with zero attached hydrogens (tertiary/aromatic N) is 1. The van der Waals surface area contributed by atoms with Gasteiger partial charge in [-0.2, -0.15) is 0 Å². The maximum Gasteiger partial charge on any atom is 0.269 e. The first-order chi connectivity index (χ1) is 9.56. The predicted octanol–water partition coefficient (Wildman–Crippen LogP) is 2.66. The van der Waals surface area contributed by atoms with Gasteiger partial charge in [0, 0.05) is 24.2 Å². The molecule has 0 fully saturated rings. The third kappa shape index (κ3) is 3.38. The minimum Gasteiger partial charge on any atom is -0.348 e. The van der Waals surface area contributed by atoms with E-state index in [1.165, 1.54) is 36.4 Å². The third-order valence-corrected chi connectivity index (χ3v) is 2.71. The Morgan fingerprint density at radius 1 is 1.10 bits per heavy atom. The Kier molecular flexibility index (Phi) is 4.05. The minimum absolute atomic E-state index is 0.0694. The molecule has 2 aromatic carbocycles. The topological polar surface area (TPSA) is 72.2 Å². The number of hydrogen-bond donors (Lipinski definition) is 1. The van der Waals surface area contributed by atoms with Crippen molar-refractivity contribution in [3.63, 3.8) is 0 Å². The zero-order valence-corrected chi connectivity index (χ0v) is 10.4. The Hall–Kier alpha value is -2.76. The van der Waals surface area contributed by atoms with E-state index in [9.17, 15) is 19.3 Å². The van der Waals surface area contributed by atoms with Crippen molar-refractivity contribution < 1.29 is 14.1 Å². The molecule has 1 amide bonds. The molecule has 2 rings (SSSR count). The van der Waals surface area contributed by atoms with Crippen LogP contribution in [0.1, 0.15) is 15.9 Å². The molecule has 0 aliphatic rings. The molecule has 0 spiro atoms. The van der Waals surface area contributed by atoms with Crippen LogP contribution in [0.3, 0.4) is 0 Å². The Morgan fingerprint density at radius 3 is 2.25 bits per heavy atom. The Balaban J connectivity index is 1.97. The average molecular weight is 274 g/mol. The number of benzene rings is 2. The number of halogens is 1. The summed E-state index contributed by atoms with van der Waals surface area (Å²) in [6.45, 7) is 0.260. The van der Waals surface area contributed by atoms with Gasteiger partial charge in [-0.15, -0.1) is 0 Å². The van der Waals surface area contributed by atoms with Crippen LogP contribution in [0.15, 0.2) is 48.5 Å². The van der Waals surface area contributed by atoms with Gasteiger partial charge in [-0.05, 0) is 29.8 Å². The summed E-state index contributed by atoms with van der Waals surface area (Å²) in [6, 6.07) is 11.1. The highest BCUT2D eigenvalue weighted by molar-refractivity contribution is 5.94. The van der Waals surface area contributed by atoms with E-state index in [0.717, 1.165) is 5.56 Å². The first-order valence-corrected chi connectivity index (χ1v) is 5.83. The van der Waals surface area contributed by atoms with Gasteiger partial charge in [0.25, 0.3) is 11.6 Å². The summed E-state index contributed by atoms with van der Waals surface area (Å²) in [5, 5.41) is 13.1. The lowest BCUT2D eigenvalue weighted by molar-refractivity contribution is -0.384. The maximum atomic E-state index is 12.7. The van der Waals surface area contributed by atoms with Gasteiger partial charge in [0.15, 0.2) is 0 Å². The summed E-state index contributed by atoms with van der Waals surface area (Å²) in [4.78, 5) is 21.8. The summed E-state index contributed by atoms with van der Waals surface area (Å²) in [6.07, 6.45) is 0. The number of nitro groups is 1. The fourth-order valence-electron chi connectivity index (χ4n) is 1.62. The molecule has 0 atom stereocenters. The van der Waals surface area contributed by atoms with Crippen LogP contribution in [0.2, 0.25) is 0 Å². The number of rotatable bonds is 4. The average Bonchev–Trinajstić information content (AvgIpc) is 2.46. The number of hydrogen-bond acceptors (Lipinski definition) is 3. The fraction of sp³-hybridized carbons (Fsp3) is 0.0714. The molecule has 2 aromatic rings. The number of nitrogens with one attached hydrogen (secondary N) is 1. The molecule has 102 valence electrons. The third-order valence-electron chi connectivity index (χ3n) is 2.71. The monoisotopic (exact) mass is 274 g/mol. The van der Waals surface area contributed by atoms with E-state index >= 15 is 0 Å². The molecule has 0 saturated heterocycles. The first kappa shape index (κ1) is 13.7. The smallest absolute Gasteiger partial charge is 0.269 e. The molecule has 0 aliphatic carbocycles. The number of non-ortho nitro benzene ring substituents is 1. The van der Waals surface area contributed by atoms with E-state index < -0.39 is 4.92 Å². The standard InChI is InChI=1S/C14H11FN2O3/c15-12-5-1-10(2-6-12)9-16-14(18)11-3-7-13(8-4-11)17(19)20/h1-8H,9H2,(H,16,18). The van der Waals surface area contributed by atoms with E-state index in [0.29, 0.717) is 5.56 Å². The quantitative estimate of drug-likeness (QED) is 0.688. The molecule has 5 nitrogen and oxygen atoms in total. The lowest BCUT2D eigenvalue weighted by Crippen LogP contribution is -2.22. The minimum atomic E-state index is -0.528. The van der Waals surface area contributed by atoms with Gasteiger partial charge in [0.05, 0.1) is 4.92 Å². The zero-order valence-electron chi connectivity index (χ0n) is 10.4. The van der Waals surface area contributed by atoms with Gasteiger partial charge in [0.2, 0.25) is 0 Å². The molecule has 0 radical (unpaired) electrons. The van der Waals surface area contributed by atoms with E-state index in [1.54, 1.807) is 12.1 Å². The molecule has 6 heteroatoms. The SMILES string of the molecule is O=C(NCc1ccc(F)cc1)c1ccc([N+](=O)[O-])cc1. The van der Waals surface area contributed by atoms with Crippen LogP contribution < -0.4 is 5.32 Å². The van der Waals surface area contributed by atoms with E-state index in [-0.39, 0.29) is 24.0 Å². The molecule has 0 aromatic heterocycles. The summed E-state index contributed by atoms with van der Waals surface area (Å²) in [7, 11) is 0. The summed E-state index contributed by atoms with van der Waals surface area (Å²) >= 11 is 0. The van der Waals surface area contributed by atoms with Crippen LogP contribution in [0.5, 0.6) is 0 Å². The fourth-order valence-corrected chi connectivity index (χ4v) is 1.62. The van der Waals surface area contributed by atoms with E-state index in [1.807, 2.05) is 0 Å². The normalized spacial score (nSPS) is 10.1. The number of carbonyl (C=O) groups is 1. The van der Waals surface area contributed by atoms with E-state index in [2.05, 4.69) is 5.32 Å². The van der Waals surface area contributed by atoms with Gasteiger partial charge in [-0.25, -0.2) is 4.39 Å². The predicted molar refractivity (Wildman–Crippen MR) is 70.7 cm³/mol. The highest BCUT2D eigenvalue weighted by Crippen LogP contribution is 2.12. The Morgan fingerprint density at radius 2 is 1.70 bits per heavy atom. The van der Waals surface area contributed by atoms with Crippen molar-refractivity contribution >= 4 is 11.6 Å². The highest BCUT2D eigenvalue weighted by atomic mass is 19.1. The maximum absolute atomic E-state index is 12.7. The number of amides is 1. The van der Waals surface area contributed by atoms with Crippen molar-refractivity contribution in [1.82, 2.24) is 5.32 Å². The summed E-state index contributed by atoms with van der Waals surface area (Å²) < 4.78 is 12.7. The van der Waals surface area contributed by atoms with Crippen LogP contribution in [0, 0.1) is 15.9 Å². The van der Waals surface area contributed by atoms with Gasteiger partial charge in [-0.1, -0.05) is 12.1 Å². The second-order valence-corrected chi connectivity index (χ2v) is 4.11. The molecule has 0 saturated carbocycles. The van der Waals surface area contributed by atoms with Crippen molar-refractivity contribution in [2.24, 2.45) is 0 Å². The molecular weight excluding hydrogens is 263 g/mol. The Bertz CT molecular complexity index is 624. The molecule has 0 heterocycles. The molecule has 0 unspecified atom stereocenters. The van der Waals surface area contributed by atoms with Crippen LogP contribution in [0.25, 0.3) is 0 Å². The van der Waals surface area contributed by atoms with E-state index in [4.69, 9.17) is 0 Å². The summed E-state index contributed by atoms with van der Waals surface area (Å²) in [5.74, 6) is -0.681. The second kappa shape index (κ2) is 5.92. The van der Waals surface area contributed by atoms with Crippen LogP contribution in [-0.4, -0.2) is 10.8 Å². The van der Waals surface area contributed by atoms with Gasteiger partial charge >= 0.3 is 0 Å². The largest absolute Gasteiger partial charge is 0.348 e. The Labute approximate surface area is 114 Å². The zero-order chi connectivity index (χ0) is 14.5.